The van der Waals surface area contributed by atoms with Crippen molar-refractivity contribution in [1.29, 1.82) is 0 Å². The molecule has 12 heavy (non-hydrogen) atoms. The minimum absolute atomic E-state index is 0.559. The Morgan fingerprint density at radius 2 is 1.58 bits per heavy atom. The van der Waals surface area contributed by atoms with Gasteiger partial charge >= 0.3 is 0 Å². The van der Waals surface area contributed by atoms with Crippen molar-refractivity contribution in [3.05, 3.63) is 0 Å². The van der Waals surface area contributed by atoms with Gasteiger partial charge in [-0.25, -0.2) is 0 Å². The average Bonchev–Trinajstić information content (AvgIpc) is 2.05. The maximum atomic E-state index is 10.2. The predicted molar refractivity (Wildman–Crippen MR) is 45.9 cm³/mol. The zero-order chi connectivity index (χ0) is 8.66. The van der Waals surface area contributed by atoms with Crippen LogP contribution >= 0.6 is 0 Å². The maximum Gasteiger partial charge on any atom is 0.106 e. The molecule has 3 nitrogen and oxygen atoms in total. The normalized spacial score (nSPS) is 48.5. The molecule has 2 fully saturated rings. The lowest BCUT2D eigenvalue weighted by molar-refractivity contribution is -0.187. The molecule has 2 rings (SSSR count). The molecule has 2 unspecified atom stereocenters. The summed E-state index contributed by atoms with van der Waals surface area (Å²) >= 11 is 0. The molecule has 1 aliphatic carbocycles. The third kappa shape index (κ3) is 1.08. The molecule has 3 N–H and O–H groups in total. The van der Waals surface area contributed by atoms with Gasteiger partial charge in [0.15, 0.2) is 0 Å². The highest BCUT2D eigenvalue weighted by atomic mass is 16.4. The lowest BCUT2D eigenvalue weighted by atomic mass is 9.68. The maximum absolute atomic E-state index is 10.2. The Bertz CT molecular complexity index is 149. The Hall–Kier alpha value is -0.120. The van der Waals surface area contributed by atoms with Crippen molar-refractivity contribution in [3.63, 3.8) is 0 Å². The van der Waals surface area contributed by atoms with Gasteiger partial charge in [0, 0.05) is 6.54 Å². The second-order valence-corrected chi connectivity index (χ2v) is 4.20. The van der Waals surface area contributed by atoms with Gasteiger partial charge < -0.3 is 15.5 Å². The van der Waals surface area contributed by atoms with Crippen molar-refractivity contribution < 1.29 is 10.2 Å². The number of aliphatic hydroxyl groups is 2. The highest BCUT2D eigenvalue weighted by Gasteiger charge is 2.51. The molecule has 1 heterocycles. The molecule has 70 valence electrons. The topological polar surface area (TPSA) is 52.5 Å². The van der Waals surface area contributed by atoms with Gasteiger partial charge in [-0.2, -0.15) is 0 Å². The van der Waals surface area contributed by atoms with Crippen molar-refractivity contribution in [2.75, 3.05) is 13.1 Å². The summed E-state index contributed by atoms with van der Waals surface area (Å²) in [4.78, 5) is 0. The monoisotopic (exact) mass is 171 g/mol. The van der Waals surface area contributed by atoms with Crippen LogP contribution in [0.2, 0.25) is 0 Å². The third-order valence-electron chi connectivity index (χ3n) is 3.43. The first-order valence-electron chi connectivity index (χ1n) is 4.82. The fourth-order valence-electron chi connectivity index (χ4n) is 2.50. The van der Waals surface area contributed by atoms with Crippen molar-refractivity contribution >= 4 is 0 Å². The largest absolute Gasteiger partial charge is 0.387 e. The van der Waals surface area contributed by atoms with Crippen LogP contribution in [0.15, 0.2) is 0 Å². The molecule has 1 aliphatic heterocycles. The molecule has 0 aromatic carbocycles. The Morgan fingerprint density at radius 3 is 2.25 bits per heavy atom. The fourth-order valence-corrected chi connectivity index (χ4v) is 2.50. The van der Waals surface area contributed by atoms with E-state index in [0.717, 1.165) is 32.2 Å². The summed E-state index contributed by atoms with van der Waals surface area (Å²) in [5, 5.41) is 23.4. The van der Waals surface area contributed by atoms with Gasteiger partial charge in [-0.15, -0.1) is 0 Å². The van der Waals surface area contributed by atoms with Crippen LogP contribution in [0.4, 0.5) is 0 Å². The Morgan fingerprint density at radius 1 is 0.917 bits per heavy atom. The minimum atomic E-state index is -0.844. The summed E-state index contributed by atoms with van der Waals surface area (Å²) in [5.41, 5.74) is -1.64. The second-order valence-electron chi connectivity index (χ2n) is 4.20. The quantitative estimate of drug-likeness (QED) is 0.481. The first kappa shape index (κ1) is 8.48. The van der Waals surface area contributed by atoms with Crippen molar-refractivity contribution in [2.45, 2.75) is 43.3 Å². The smallest absolute Gasteiger partial charge is 0.106 e. The minimum Gasteiger partial charge on any atom is -0.387 e. The van der Waals surface area contributed by atoms with Crippen LogP contribution in [0.3, 0.4) is 0 Å². The van der Waals surface area contributed by atoms with Gasteiger partial charge in [-0.3, -0.25) is 0 Å². The van der Waals surface area contributed by atoms with Gasteiger partial charge in [0.25, 0.3) is 0 Å². The second kappa shape index (κ2) is 2.69. The molecule has 0 amide bonds. The van der Waals surface area contributed by atoms with E-state index in [1.165, 1.54) is 0 Å². The number of β-amino-alcohol motifs (C(OH)–C–C–N with tert-alkyl or cyclic N) is 1. The van der Waals surface area contributed by atoms with Crippen LogP contribution in [0.25, 0.3) is 0 Å². The lowest BCUT2D eigenvalue weighted by Crippen LogP contribution is -2.65. The van der Waals surface area contributed by atoms with Gasteiger partial charge in [-0.05, 0) is 25.8 Å². The van der Waals surface area contributed by atoms with E-state index in [2.05, 4.69) is 5.32 Å². The van der Waals surface area contributed by atoms with E-state index in [-0.39, 0.29) is 0 Å². The van der Waals surface area contributed by atoms with E-state index in [9.17, 15) is 10.2 Å². The zero-order valence-electron chi connectivity index (χ0n) is 7.34. The molecule has 0 spiro atoms. The first-order valence-corrected chi connectivity index (χ1v) is 4.82. The highest BCUT2D eigenvalue weighted by Crippen LogP contribution is 2.40. The van der Waals surface area contributed by atoms with Crippen molar-refractivity contribution in [1.82, 2.24) is 5.32 Å². The molecule has 2 aliphatic rings. The number of hydrogen-bond acceptors (Lipinski definition) is 3. The van der Waals surface area contributed by atoms with E-state index < -0.39 is 11.2 Å². The van der Waals surface area contributed by atoms with Crippen LogP contribution in [-0.4, -0.2) is 34.5 Å². The summed E-state index contributed by atoms with van der Waals surface area (Å²) in [6.45, 7) is 1.39. The fraction of sp³-hybridized carbons (Fsp3) is 1.00. The SMILES string of the molecule is OC12CCCCC1(O)CNCC2. The predicted octanol–water partition coefficient (Wildman–Crippen LogP) is 0.0159. The van der Waals surface area contributed by atoms with E-state index >= 15 is 0 Å². The molecule has 0 aromatic rings. The van der Waals surface area contributed by atoms with Crippen LogP contribution in [-0.2, 0) is 0 Å². The Kier molecular flexibility index (Phi) is 1.90. The lowest BCUT2D eigenvalue weighted by Gasteiger charge is -2.50. The standard InChI is InChI=1S/C9H17NO2/c11-8-3-1-2-4-9(8,12)7-10-6-5-8/h10-12H,1-7H2. The molecule has 2 atom stereocenters. The third-order valence-corrected chi connectivity index (χ3v) is 3.43. The van der Waals surface area contributed by atoms with Gasteiger partial charge in [0.05, 0.1) is 5.60 Å². The Balaban J connectivity index is 2.20. The van der Waals surface area contributed by atoms with Crippen LogP contribution in [0.5, 0.6) is 0 Å². The molecule has 0 radical (unpaired) electrons. The van der Waals surface area contributed by atoms with Crippen molar-refractivity contribution in [3.8, 4) is 0 Å². The summed E-state index contributed by atoms with van der Waals surface area (Å²) in [6.07, 6.45) is 4.31. The molecular weight excluding hydrogens is 154 g/mol. The van der Waals surface area contributed by atoms with Crippen LogP contribution < -0.4 is 5.32 Å². The molecule has 0 bridgehead atoms. The number of fused-ring (bicyclic) bond motifs is 1. The van der Waals surface area contributed by atoms with E-state index in [0.29, 0.717) is 13.0 Å². The van der Waals surface area contributed by atoms with E-state index in [1.54, 1.807) is 0 Å². The number of rotatable bonds is 0. The zero-order valence-corrected chi connectivity index (χ0v) is 7.34. The van der Waals surface area contributed by atoms with Gasteiger partial charge in [0.1, 0.15) is 5.60 Å². The van der Waals surface area contributed by atoms with Gasteiger partial charge in [0.2, 0.25) is 0 Å². The van der Waals surface area contributed by atoms with Crippen LogP contribution in [0, 0.1) is 0 Å². The summed E-state index contributed by atoms with van der Waals surface area (Å²) in [6, 6.07) is 0. The average molecular weight is 171 g/mol. The summed E-state index contributed by atoms with van der Waals surface area (Å²) < 4.78 is 0. The first-order chi connectivity index (χ1) is 5.66. The number of piperidine rings is 1. The summed E-state index contributed by atoms with van der Waals surface area (Å²) in [7, 11) is 0. The van der Waals surface area contributed by atoms with E-state index in [1.807, 2.05) is 0 Å². The molecule has 1 saturated heterocycles. The number of hydrogen-bond donors (Lipinski definition) is 3. The number of nitrogens with one attached hydrogen (secondary N) is 1. The van der Waals surface area contributed by atoms with E-state index in [4.69, 9.17) is 0 Å². The molecular formula is C9H17NO2. The van der Waals surface area contributed by atoms with Crippen LogP contribution in [0.1, 0.15) is 32.1 Å². The highest BCUT2D eigenvalue weighted by molar-refractivity contribution is 5.06. The van der Waals surface area contributed by atoms with Gasteiger partial charge in [-0.1, -0.05) is 12.8 Å². The molecule has 1 saturated carbocycles. The van der Waals surface area contributed by atoms with Crippen molar-refractivity contribution in [2.24, 2.45) is 0 Å². The molecule has 3 heteroatoms. The summed E-state index contributed by atoms with van der Waals surface area (Å²) in [5.74, 6) is 0. The Labute approximate surface area is 72.8 Å². The molecule has 0 aromatic heterocycles.